The van der Waals surface area contributed by atoms with E-state index in [2.05, 4.69) is 20.9 Å². The first kappa shape index (κ1) is 14.4. The molecule has 1 heterocycles. The number of nitrogens with zero attached hydrogens (tertiary/aromatic N) is 2. The second kappa shape index (κ2) is 5.94. The lowest BCUT2D eigenvalue weighted by Gasteiger charge is -2.09. The van der Waals surface area contributed by atoms with Crippen molar-refractivity contribution in [2.24, 2.45) is 0 Å². The van der Waals surface area contributed by atoms with Gasteiger partial charge in [-0.25, -0.2) is 4.98 Å². The predicted octanol–water partition coefficient (Wildman–Crippen LogP) is 3.37. The molecule has 19 heavy (non-hydrogen) atoms. The average Bonchev–Trinajstić information content (AvgIpc) is 2.41. The summed E-state index contributed by atoms with van der Waals surface area (Å²) in [5, 5.41) is -0.0733. The zero-order valence-corrected chi connectivity index (χ0v) is 13.0. The van der Waals surface area contributed by atoms with E-state index in [0.29, 0.717) is 12.3 Å². The summed E-state index contributed by atoms with van der Waals surface area (Å²) in [6, 6.07) is 5.51. The summed E-state index contributed by atoms with van der Waals surface area (Å²) in [4.78, 5) is 15.8. The van der Waals surface area contributed by atoms with Crippen molar-refractivity contribution >= 4 is 39.1 Å². The molecule has 0 saturated carbocycles. The molecule has 7 heteroatoms. The van der Waals surface area contributed by atoms with Gasteiger partial charge in [-0.3, -0.25) is 9.36 Å². The number of methoxy groups -OCH3 is 1. The number of hydrogen-bond acceptors (Lipinski definition) is 3. The van der Waals surface area contributed by atoms with Crippen LogP contribution in [-0.4, -0.2) is 16.7 Å². The number of benzene rings is 1. The van der Waals surface area contributed by atoms with Crippen LogP contribution < -0.4 is 10.3 Å². The number of aromatic nitrogens is 2. The normalized spacial score (nSPS) is 10.5. The fraction of sp³-hybridized carbons (Fsp3) is 0.167. The predicted molar refractivity (Wildman–Crippen MR) is 78.3 cm³/mol. The lowest BCUT2D eigenvalue weighted by atomic mass is 10.2. The molecule has 0 bridgehead atoms. The van der Waals surface area contributed by atoms with Gasteiger partial charge < -0.3 is 4.74 Å². The minimum atomic E-state index is -0.378. The zero-order chi connectivity index (χ0) is 14.0. The second-order valence-corrected chi connectivity index (χ2v) is 5.33. The number of halogens is 3. The Balaban J connectivity index is 2.42. The molecule has 0 saturated heterocycles. The summed E-state index contributed by atoms with van der Waals surface area (Å²) in [5.41, 5.74) is 0.498. The molecule has 1 aromatic carbocycles. The summed E-state index contributed by atoms with van der Waals surface area (Å²) >= 11 is 14.9. The van der Waals surface area contributed by atoms with E-state index in [0.717, 1.165) is 10.0 Å². The van der Waals surface area contributed by atoms with Gasteiger partial charge in [0, 0.05) is 4.47 Å². The van der Waals surface area contributed by atoms with Gasteiger partial charge in [0.1, 0.15) is 10.8 Å². The maximum atomic E-state index is 11.9. The van der Waals surface area contributed by atoms with Crippen molar-refractivity contribution in [1.82, 2.24) is 9.55 Å². The van der Waals surface area contributed by atoms with Crippen LogP contribution in [0, 0.1) is 0 Å². The van der Waals surface area contributed by atoms with Crippen LogP contribution in [0.15, 0.2) is 33.8 Å². The van der Waals surface area contributed by atoms with Gasteiger partial charge in [-0.05, 0) is 23.8 Å². The van der Waals surface area contributed by atoms with Crippen LogP contribution in [-0.2, 0) is 6.54 Å². The maximum absolute atomic E-state index is 11.9. The summed E-state index contributed by atoms with van der Waals surface area (Å²) < 4.78 is 7.40. The first-order valence-electron chi connectivity index (χ1n) is 5.25. The standard InChI is InChI=1S/C12H9BrCl2N2O2/c1-19-8-2-3-9(13)7(4-8)5-17-6-16-11(15)10(14)12(17)18/h2-4,6H,5H2,1H3. The van der Waals surface area contributed by atoms with Gasteiger partial charge in [0.05, 0.1) is 20.0 Å². The van der Waals surface area contributed by atoms with Gasteiger partial charge in [-0.15, -0.1) is 0 Å². The fourth-order valence-electron chi connectivity index (χ4n) is 1.54. The second-order valence-electron chi connectivity index (χ2n) is 3.74. The molecule has 1 aromatic heterocycles. The summed E-state index contributed by atoms with van der Waals surface area (Å²) in [7, 11) is 1.58. The SMILES string of the molecule is COc1ccc(Br)c(Cn2cnc(Cl)c(Cl)c2=O)c1. The molecule has 0 amide bonds. The van der Waals surface area contributed by atoms with Gasteiger partial charge in [-0.1, -0.05) is 39.1 Å². The molecule has 2 rings (SSSR count). The van der Waals surface area contributed by atoms with Crippen molar-refractivity contribution in [3.8, 4) is 5.75 Å². The molecule has 0 atom stereocenters. The van der Waals surface area contributed by atoms with Gasteiger partial charge >= 0.3 is 0 Å². The Morgan fingerprint density at radius 2 is 2.16 bits per heavy atom. The van der Waals surface area contributed by atoms with Crippen molar-refractivity contribution in [3.05, 3.63) is 55.1 Å². The molecule has 0 unspecified atom stereocenters. The number of hydrogen-bond donors (Lipinski definition) is 0. The van der Waals surface area contributed by atoms with Crippen LogP contribution in [0.25, 0.3) is 0 Å². The minimum absolute atomic E-state index is 0.00706. The van der Waals surface area contributed by atoms with Crippen LogP contribution in [0.2, 0.25) is 10.2 Å². The van der Waals surface area contributed by atoms with Crippen LogP contribution in [0.1, 0.15) is 5.56 Å². The highest BCUT2D eigenvalue weighted by Gasteiger charge is 2.09. The summed E-state index contributed by atoms with van der Waals surface area (Å²) in [6.07, 6.45) is 1.36. The molecule has 0 radical (unpaired) electrons. The molecule has 0 aliphatic heterocycles. The lowest BCUT2D eigenvalue weighted by Crippen LogP contribution is -2.21. The molecule has 0 spiro atoms. The Kier molecular flexibility index (Phi) is 4.50. The van der Waals surface area contributed by atoms with Gasteiger partial charge in [-0.2, -0.15) is 0 Å². The van der Waals surface area contributed by atoms with E-state index in [1.54, 1.807) is 7.11 Å². The van der Waals surface area contributed by atoms with Gasteiger partial charge in [0.2, 0.25) is 0 Å². The van der Waals surface area contributed by atoms with Gasteiger partial charge in [0.15, 0.2) is 5.15 Å². The third kappa shape index (κ3) is 3.11. The Hall–Kier alpha value is -1.04. The quantitative estimate of drug-likeness (QED) is 0.785. The Morgan fingerprint density at radius 1 is 1.42 bits per heavy atom. The third-order valence-electron chi connectivity index (χ3n) is 2.53. The smallest absolute Gasteiger partial charge is 0.273 e. The molecule has 0 fully saturated rings. The Labute approximate surface area is 128 Å². The fourth-order valence-corrected chi connectivity index (χ4v) is 2.19. The molecule has 4 nitrogen and oxygen atoms in total. The van der Waals surface area contributed by atoms with E-state index in [-0.39, 0.29) is 15.7 Å². The third-order valence-corrected chi connectivity index (χ3v) is 4.03. The van der Waals surface area contributed by atoms with Crippen molar-refractivity contribution in [1.29, 1.82) is 0 Å². The monoisotopic (exact) mass is 362 g/mol. The summed E-state index contributed by atoms with van der Waals surface area (Å²) in [6.45, 7) is 0.320. The van der Waals surface area contributed by atoms with E-state index in [1.165, 1.54) is 10.9 Å². The van der Waals surface area contributed by atoms with E-state index in [4.69, 9.17) is 27.9 Å². The largest absolute Gasteiger partial charge is 0.497 e. The number of rotatable bonds is 3. The van der Waals surface area contributed by atoms with Crippen molar-refractivity contribution in [2.45, 2.75) is 6.54 Å². The summed E-state index contributed by atoms with van der Waals surface area (Å²) in [5.74, 6) is 0.708. The molecule has 0 N–H and O–H groups in total. The first-order chi connectivity index (χ1) is 9.02. The van der Waals surface area contributed by atoms with Crippen LogP contribution in [0.4, 0.5) is 0 Å². The topological polar surface area (TPSA) is 44.1 Å². The van der Waals surface area contributed by atoms with Crippen molar-refractivity contribution in [2.75, 3.05) is 7.11 Å². The van der Waals surface area contributed by atoms with Crippen LogP contribution >= 0.6 is 39.1 Å². The average molecular weight is 364 g/mol. The minimum Gasteiger partial charge on any atom is -0.497 e. The van der Waals surface area contributed by atoms with Crippen LogP contribution in [0.5, 0.6) is 5.75 Å². The highest BCUT2D eigenvalue weighted by molar-refractivity contribution is 9.10. The highest BCUT2D eigenvalue weighted by Crippen LogP contribution is 2.23. The van der Waals surface area contributed by atoms with Crippen molar-refractivity contribution < 1.29 is 4.74 Å². The Morgan fingerprint density at radius 3 is 2.84 bits per heavy atom. The van der Waals surface area contributed by atoms with Crippen LogP contribution in [0.3, 0.4) is 0 Å². The molecule has 0 aliphatic carbocycles. The molecule has 0 aliphatic rings. The van der Waals surface area contributed by atoms with E-state index < -0.39 is 0 Å². The van der Waals surface area contributed by atoms with E-state index in [9.17, 15) is 4.79 Å². The van der Waals surface area contributed by atoms with E-state index in [1.807, 2.05) is 18.2 Å². The van der Waals surface area contributed by atoms with Gasteiger partial charge in [0.25, 0.3) is 5.56 Å². The first-order valence-corrected chi connectivity index (χ1v) is 6.80. The molecular formula is C12H9BrCl2N2O2. The van der Waals surface area contributed by atoms with E-state index >= 15 is 0 Å². The molecular weight excluding hydrogens is 355 g/mol. The lowest BCUT2D eigenvalue weighted by molar-refractivity contribution is 0.414. The molecule has 2 aromatic rings. The maximum Gasteiger partial charge on any atom is 0.273 e. The van der Waals surface area contributed by atoms with Crippen molar-refractivity contribution in [3.63, 3.8) is 0 Å². The zero-order valence-electron chi connectivity index (χ0n) is 9.86. The highest BCUT2D eigenvalue weighted by atomic mass is 79.9. The Bertz CT molecular complexity index is 673. The number of ether oxygens (including phenoxy) is 1. The molecule has 100 valence electrons.